The second-order valence-electron chi connectivity index (χ2n) is 5.04. The molecule has 1 aliphatic carbocycles. The van der Waals surface area contributed by atoms with Gasteiger partial charge >= 0.3 is 0 Å². The number of halogens is 1. The fourth-order valence-corrected chi connectivity index (χ4v) is 4.09. The van der Waals surface area contributed by atoms with Crippen LogP contribution in [0.4, 0.5) is 0 Å². The van der Waals surface area contributed by atoms with E-state index in [0.717, 1.165) is 24.0 Å². The zero-order valence-corrected chi connectivity index (χ0v) is 13.2. The molecular weight excluding hydrogens is 298 g/mol. The van der Waals surface area contributed by atoms with E-state index in [9.17, 15) is 8.42 Å². The zero-order valence-electron chi connectivity index (χ0n) is 11.6. The van der Waals surface area contributed by atoms with Gasteiger partial charge in [-0.05, 0) is 24.0 Å². The van der Waals surface area contributed by atoms with E-state index < -0.39 is 10.0 Å². The van der Waals surface area contributed by atoms with E-state index in [1.54, 1.807) is 11.4 Å². The summed E-state index contributed by atoms with van der Waals surface area (Å²) in [5, 5.41) is 0. The minimum atomic E-state index is -3.28. The summed E-state index contributed by atoms with van der Waals surface area (Å²) in [6.45, 7) is 0.865. The van der Waals surface area contributed by atoms with Gasteiger partial charge in [-0.15, -0.1) is 11.6 Å². The van der Waals surface area contributed by atoms with Crippen molar-refractivity contribution < 1.29 is 13.2 Å². The van der Waals surface area contributed by atoms with Crippen molar-refractivity contribution in [1.82, 2.24) is 4.31 Å². The maximum absolute atomic E-state index is 12.5. The first-order chi connectivity index (χ1) is 9.56. The van der Waals surface area contributed by atoms with Crippen LogP contribution in [0.5, 0.6) is 0 Å². The number of alkyl halides is 1. The number of benzene rings is 1. The first-order valence-electron chi connectivity index (χ1n) is 6.69. The van der Waals surface area contributed by atoms with Gasteiger partial charge in [-0.3, -0.25) is 0 Å². The highest BCUT2D eigenvalue weighted by Gasteiger charge is 2.36. The normalized spacial score (nSPS) is 15.8. The number of ether oxygens (including phenoxy) is 1. The Bertz CT molecular complexity index is 526. The largest absolute Gasteiger partial charge is 0.383 e. The van der Waals surface area contributed by atoms with Crippen molar-refractivity contribution in [3.63, 3.8) is 0 Å². The predicted octanol–water partition coefficient (Wildman–Crippen LogP) is 2.37. The molecule has 0 amide bonds. The van der Waals surface area contributed by atoms with Gasteiger partial charge in [0.05, 0.1) is 12.4 Å². The zero-order chi connectivity index (χ0) is 14.6. The second kappa shape index (κ2) is 6.89. The molecule has 0 N–H and O–H groups in total. The van der Waals surface area contributed by atoms with E-state index in [0.29, 0.717) is 19.0 Å². The van der Waals surface area contributed by atoms with Crippen LogP contribution in [0.25, 0.3) is 0 Å². The summed E-state index contributed by atoms with van der Waals surface area (Å²) in [6.07, 6.45) is 1.91. The first kappa shape index (κ1) is 15.8. The van der Waals surface area contributed by atoms with Crippen molar-refractivity contribution in [2.45, 2.75) is 30.5 Å². The van der Waals surface area contributed by atoms with E-state index in [1.807, 2.05) is 24.3 Å². The Kier molecular flexibility index (Phi) is 5.43. The smallest absolute Gasteiger partial charge is 0.218 e. The molecule has 0 atom stereocenters. The highest BCUT2D eigenvalue weighted by atomic mass is 35.5. The summed E-state index contributed by atoms with van der Waals surface area (Å²) in [7, 11) is -1.70. The molecule has 112 valence electrons. The summed E-state index contributed by atoms with van der Waals surface area (Å²) in [5.74, 6) is 0.477. The minimum absolute atomic E-state index is 0.0375. The molecule has 0 radical (unpaired) electrons. The van der Waals surface area contributed by atoms with Crippen molar-refractivity contribution >= 4 is 21.6 Å². The summed E-state index contributed by atoms with van der Waals surface area (Å²) in [4.78, 5) is 0. The number of hydrogen-bond acceptors (Lipinski definition) is 3. The van der Waals surface area contributed by atoms with Gasteiger partial charge in [0, 0.05) is 25.6 Å². The third kappa shape index (κ3) is 4.19. The van der Waals surface area contributed by atoms with Crippen LogP contribution < -0.4 is 0 Å². The molecule has 0 aliphatic heterocycles. The Morgan fingerprint density at radius 2 is 1.85 bits per heavy atom. The number of rotatable bonds is 8. The molecular formula is C14H20ClNO3S. The van der Waals surface area contributed by atoms with Crippen LogP contribution in [-0.4, -0.2) is 39.0 Å². The molecule has 1 aliphatic rings. The van der Waals surface area contributed by atoms with Gasteiger partial charge in [-0.2, -0.15) is 4.31 Å². The van der Waals surface area contributed by atoms with Crippen molar-refractivity contribution in [3.8, 4) is 0 Å². The fraction of sp³-hybridized carbons (Fsp3) is 0.571. The van der Waals surface area contributed by atoms with Crippen LogP contribution in [0.1, 0.15) is 24.0 Å². The molecule has 1 aromatic carbocycles. The monoisotopic (exact) mass is 317 g/mol. The fourth-order valence-electron chi connectivity index (χ4n) is 2.11. The molecule has 0 spiro atoms. The molecule has 1 aromatic rings. The third-order valence-corrected chi connectivity index (χ3v) is 5.56. The summed E-state index contributed by atoms with van der Waals surface area (Å²) >= 11 is 5.73. The van der Waals surface area contributed by atoms with Gasteiger partial charge in [0.2, 0.25) is 10.0 Å². The Balaban J connectivity index is 2.07. The molecule has 6 heteroatoms. The van der Waals surface area contributed by atoms with Crippen molar-refractivity contribution in [2.24, 2.45) is 0 Å². The lowest BCUT2D eigenvalue weighted by Gasteiger charge is -2.21. The average molecular weight is 318 g/mol. The van der Waals surface area contributed by atoms with E-state index in [2.05, 4.69) is 0 Å². The number of hydrogen-bond donors (Lipinski definition) is 0. The molecule has 2 rings (SSSR count). The average Bonchev–Trinajstić information content (AvgIpc) is 3.24. The Labute approximate surface area is 125 Å². The van der Waals surface area contributed by atoms with Crippen LogP contribution in [0, 0.1) is 0 Å². The number of nitrogens with zero attached hydrogens (tertiary/aromatic N) is 1. The Morgan fingerprint density at radius 3 is 2.35 bits per heavy atom. The van der Waals surface area contributed by atoms with Crippen molar-refractivity contribution in [2.75, 3.05) is 20.3 Å². The molecule has 1 fully saturated rings. The number of methoxy groups -OCH3 is 1. The summed E-state index contributed by atoms with van der Waals surface area (Å²) in [6, 6.07) is 7.56. The molecule has 0 aromatic heterocycles. The molecule has 1 saturated carbocycles. The summed E-state index contributed by atoms with van der Waals surface area (Å²) < 4.78 is 31.6. The highest BCUT2D eigenvalue weighted by molar-refractivity contribution is 7.88. The topological polar surface area (TPSA) is 46.6 Å². The van der Waals surface area contributed by atoms with Gasteiger partial charge in [-0.25, -0.2) is 8.42 Å². The maximum atomic E-state index is 12.5. The quantitative estimate of drug-likeness (QED) is 0.692. The van der Waals surface area contributed by atoms with Crippen LogP contribution in [0.2, 0.25) is 0 Å². The van der Waals surface area contributed by atoms with Crippen LogP contribution in [-0.2, 0) is 26.4 Å². The van der Waals surface area contributed by atoms with Gasteiger partial charge in [0.15, 0.2) is 0 Å². The van der Waals surface area contributed by atoms with E-state index in [1.165, 1.54) is 0 Å². The van der Waals surface area contributed by atoms with Gasteiger partial charge < -0.3 is 4.74 Å². The maximum Gasteiger partial charge on any atom is 0.218 e. The SMILES string of the molecule is COCCN(C1CC1)S(=O)(=O)Cc1ccc(CCl)cc1. The lowest BCUT2D eigenvalue weighted by atomic mass is 10.2. The van der Waals surface area contributed by atoms with E-state index in [-0.39, 0.29) is 11.8 Å². The summed E-state index contributed by atoms with van der Waals surface area (Å²) in [5.41, 5.74) is 1.79. The molecule has 0 unspecified atom stereocenters. The van der Waals surface area contributed by atoms with Gasteiger partial charge in [0.25, 0.3) is 0 Å². The van der Waals surface area contributed by atoms with Crippen LogP contribution in [0.15, 0.2) is 24.3 Å². The van der Waals surface area contributed by atoms with Crippen LogP contribution >= 0.6 is 11.6 Å². The number of sulfonamides is 1. The van der Waals surface area contributed by atoms with E-state index in [4.69, 9.17) is 16.3 Å². The van der Waals surface area contributed by atoms with Crippen molar-refractivity contribution in [1.29, 1.82) is 0 Å². The predicted molar refractivity (Wildman–Crippen MR) is 80.2 cm³/mol. The molecule has 4 nitrogen and oxygen atoms in total. The third-order valence-electron chi connectivity index (χ3n) is 3.35. The Morgan fingerprint density at radius 1 is 1.25 bits per heavy atom. The van der Waals surface area contributed by atoms with E-state index >= 15 is 0 Å². The Hall–Kier alpha value is -0.620. The van der Waals surface area contributed by atoms with Gasteiger partial charge in [0.1, 0.15) is 0 Å². The van der Waals surface area contributed by atoms with Gasteiger partial charge in [-0.1, -0.05) is 24.3 Å². The molecule has 0 heterocycles. The van der Waals surface area contributed by atoms with Crippen molar-refractivity contribution in [3.05, 3.63) is 35.4 Å². The molecule has 20 heavy (non-hydrogen) atoms. The minimum Gasteiger partial charge on any atom is -0.383 e. The standard InChI is InChI=1S/C14H20ClNO3S/c1-19-9-8-16(14-6-7-14)20(17,18)11-13-4-2-12(10-15)3-5-13/h2-5,14H,6-11H2,1H3. The lowest BCUT2D eigenvalue weighted by molar-refractivity contribution is 0.177. The second-order valence-corrected chi connectivity index (χ2v) is 7.23. The first-order valence-corrected chi connectivity index (χ1v) is 8.83. The molecule has 0 saturated heterocycles. The van der Waals surface area contributed by atoms with Crippen LogP contribution in [0.3, 0.4) is 0 Å². The molecule has 0 bridgehead atoms. The lowest BCUT2D eigenvalue weighted by Crippen LogP contribution is -2.36. The highest BCUT2D eigenvalue weighted by Crippen LogP contribution is 2.30.